The quantitative estimate of drug-likeness (QED) is 0.314. The van der Waals surface area contributed by atoms with E-state index in [4.69, 9.17) is 0 Å². The molecule has 2 N–H and O–H groups in total. The summed E-state index contributed by atoms with van der Waals surface area (Å²) in [6.45, 7) is 5.22. The second-order valence-electron chi connectivity index (χ2n) is 6.92. The third-order valence-electron chi connectivity index (χ3n) is 4.80. The molecule has 1 fully saturated rings. The third-order valence-corrected chi connectivity index (χ3v) is 6.00. The maximum Gasteiger partial charge on any atom is 0.222 e. The Bertz CT molecular complexity index is 823. The van der Waals surface area contributed by atoms with Gasteiger partial charge in [-0.25, -0.2) is 4.98 Å². The maximum atomic E-state index is 11.8. The van der Waals surface area contributed by atoms with E-state index in [1.165, 1.54) is 16.0 Å². The molecular weight excluding hydrogens is 497 g/mol. The molecule has 3 rings (SSSR count). The first-order valence-electron chi connectivity index (χ1n) is 9.91. The smallest absolute Gasteiger partial charge is 0.222 e. The second kappa shape index (κ2) is 12.1. The van der Waals surface area contributed by atoms with Gasteiger partial charge in [-0.15, -0.1) is 35.3 Å². The Morgan fingerprint density at radius 2 is 2.14 bits per heavy atom. The summed E-state index contributed by atoms with van der Waals surface area (Å²) < 4.78 is 0. The first-order chi connectivity index (χ1) is 13.7. The number of aliphatic imine (C=N–C) groups is 1. The summed E-state index contributed by atoms with van der Waals surface area (Å²) >= 11 is 1.78. The van der Waals surface area contributed by atoms with Crippen LogP contribution in [0.4, 0.5) is 0 Å². The molecule has 0 atom stereocenters. The van der Waals surface area contributed by atoms with Gasteiger partial charge in [-0.1, -0.05) is 31.2 Å². The summed E-state index contributed by atoms with van der Waals surface area (Å²) in [5.41, 5.74) is 2.35. The lowest BCUT2D eigenvalue weighted by molar-refractivity contribution is -0.128. The molecule has 0 bridgehead atoms. The molecule has 2 heterocycles. The largest absolute Gasteiger partial charge is 0.356 e. The van der Waals surface area contributed by atoms with Crippen molar-refractivity contribution in [3.8, 4) is 0 Å². The summed E-state index contributed by atoms with van der Waals surface area (Å²) in [5, 5.41) is 7.86. The molecule has 2 aromatic rings. The van der Waals surface area contributed by atoms with Crippen LogP contribution in [0.15, 0.2) is 35.5 Å². The number of benzene rings is 1. The predicted octanol–water partition coefficient (Wildman–Crippen LogP) is 3.35. The number of guanidine groups is 1. The van der Waals surface area contributed by atoms with Crippen LogP contribution in [0.1, 0.15) is 40.8 Å². The third kappa shape index (κ3) is 7.26. The summed E-state index contributed by atoms with van der Waals surface area (Å²) in [7, 11) is 1.78. The highest BCUT2D eigenvalue weighted by Gasteiger charge is 2.19. The molecule has 6 nitrogen and oxygen atoms in total. The SMILES string of the molecule is CCc1cnc(CCNC(=NC)NCc2cccc(CN3CCCC3=O)c2)s1.I. The van der Waals surface area contributed by atoms with Crippen LogP contribution in [0.5, 0.6) is 0 Å². The average molecular weight is 527 g/mol. The van der Waals surface area contributed by atoms with E-state index in [0.717, 1.165) is 43.3 Å². The molecule has 1 aliphatic heterocycles. The summed E-state index contributed by atoms with van der Waals surface area (Å²) in [6, 6.07) is 8.39. The van der Waals surface area contributed by atoms with E-state index in [9.17, 15) is 4.79 Å². The average Bonchev–Trinajstić information content (AvgIpc) is 3.34. The van der Waals surface area contributed by atoms with Crippen molar-refractivity contribution < 1.29 is 4.79 Å². The number of nitrogens with zero attached hydrogens (tertiary/aromatic N) is 3. The molecule has 0 radical (unpaired) electrons. The molecule has 29 heavy (non-hydrogen) atoms. The van der Waals surface area contributed by atoms with Crippen LogP contribution in [-0.2, 0) is 30.7 Å². The summed E-state index contributed by atoms with van der Waals surface area (Å²) in [6.07, 6.45) is 5.56. The minimum absolute atomic E-state index is 0. The Hall–Kier alpha value is -1.68. The molecule has 8 heteroatoms. The molecule has 0 aliphatic carbocycles. The van der Waals surface area contributed by atoms with E-state index < -0.39 is 0 Å². The van der Waals surface area contributed by atoms with Gasteiger partial charge in [0.2, 0.25) is 5.91 Å². The summed E-state index contributed by atoms with van der Waals surface area (Å²) in [4.78, 5) is 23.8. The Balaban J connectivity index is 0.00000300. The Labute approximate surface area is 194 Å². The first kappa shape index (κ1) is 23.6. The highest BCUT2D eigenvalue weighted by atomic mass is 127. The Morgan fingerprint density at radius 1 is 1.31 bits per heavy atom. The number of likely N-dealkylation sites (tertiary alicyclic amines) is 1. The minimum atomic E-state index is 0. The van der Waals surface area contributed by atoms with Crippen LogP contribution in [0.25, 0.3) is 0 Å². The number of rotatable bonds is 8. The van der Waals surface area contributed by atoms with Crippen molar-refractivity contribution in [2.45, 2.75) is 45.7 Å². The number of aryl methyl sites for hydroxylation is 1. The van der Waals surface area contributed by atoms with E-state index in [1.54, 1.807) is 18.4 Å². The molecule has 0 spiro atoms. The Kier molecular flexibility index (Phi) is 9.86. The van der Waals surface area contributed by atoms with E-state index in [2.05, 4.69) is 51.8 Å². The zero-order valence-corrected chi connectivity index (χ0v) is 20.3. The van der Waals surface area contributed by atoms with Crippen molar-refractivity contribution in [3.63, 3.8) is 0 Å². The lowest BCUT2D eigenvalue weighted by Gasteiger charge is -2.16. The van der Waals surface area contributed by atoms with Gasteiger partial charge in [0.1, 0.15) is 0 Å². The molecule has 0 unspecified atom stereocenters. The van der Waals surface area contributed by atoms with Crippen LogP contribution < -0.4 is 10.6 Å². The zero-order chi connectivity index (χ0) is 19.8. The fourth-order valence-corrected chi connectivity index (χ4v) is 4.11. The van der Waals surface area contributed by atoms with Crippen LogP contribution in [0, 0.1) is 0 Å². The van der Waals surface area contributed by atoms with Gasteiger partial charge in [-0.2, -0.15) is 0 Å². The molecule has 0 saturated carbocycles. The normalized spacial score (nSPS) is 14.1. The van der Waals surface area contributed by atoms with E-state index in [-0.39, 0.29) is 29.9 Å². The van der Waals surface area contributed by atoms with Crippen molar-refractivity contribution in [2.24, 2.45) is 4.99 Å². The summed E-state index contributed by atoms with van der Waals surface area (Å²) in [5.74, 6) is 1.05. The van der Waals surface area contributed by atoms with Crippen molar-refractivity contribution in [3.05, 3.63) is 51.5 Å². The predicted molar refractivity (Wildman–Crippen MR) is 130 cm³/mol. The first-order valence-corrected chi connectivity index (χ1v) is 10.7. The monoisotopic (exact) mass is 527 g/mol. The number of hydrogen-bond acceptors (Lipinski definition) is 4. The van der Waals surface area contributed by atoms with Gasteiger partial charge < -0.3 is 15.5 Å². The Morgan fingerprint density at radius 3 is 2.83 bits per heavy atom. The minimum Gasteiger partial charge on any atom is -0.356 e. The van der Waals surface area contributed by atoms with E-state index in [0.29, 0.717) is 19.5 Å². The molecule has 1 aromatic carbocycles. The molecular formula is C21H30IN5OS. The second-order valence-corrected chi connectivity index (χ2v) is 8.11. The number of nitrogens with one attached hydrogen (secondary N) is 2. The number of hydrogen-bond donors (Lipinski definition) is 2. The van der Waals surface area contributed by atoms with Gasteiger partial charge in [-0.3, -0.25) is 9.79 Å². The number of amides is 1. The van der Waals surface area contributed by atoms with Crippen LogP contribution >= 0.6 is 35.3 Å². The molecule has 158 valence electrons. The number of carbonyl (C=O) groups is 1. The maximum absolute atomic E-state index is 11.8. The highest BCUT2D eigenvalue weighted by Crippen LogP contribution is 2.15. The number of thiazole rings is 1. The lowest BCUT2D eigenvalue weighted by Crippen LogP contribution is -2.37. The topological polar surface area (TPSA) is 69.6 Å². The van der Waals surface area contributed by atoms with Crippen LogP contribution in [-0.4, -0.2) is 41.9 Å². The molecule has 1 saturated heterocycles. The van der Waals surface area contributed by atoms with Crippen molar-refractivity contribution in [1.29, 1.82) is 0 Å². The fourth-order valence-electron chi connectivity index (χ4n) is 3.25. The number of carbonyl (C=O) groups excluding carboxylic acids is 1. The van der Waals surface area contributed by atoms with Gasteiger partial charge in [0.15, 0.2) is 5.96 Å². The fraction of sp³-hybridized carbons (Fsp3) is 0.476. The van der Waals surface area contributed by atoms with Gasteiger partial charge in [-0.05, 0) is 24.0 Å². The van der Waals surface area contributed by atoms with Gasteiger partial charge >= 0.3 is 0 Å². The molecule has 1 aliphatic rings. The highest BCUT2D eigenvalue weighted by molar-refractivity contribution is 14.0. The van der Waals surface area contributed by atoms with Crippen molar-refractivity contribution in [1.82, 2.24) is 20.5 Å². The zero-order valence-electron chi connectivity index (χ0n) is 17.1. The van der Waals surface area contributed by atoms with Crippen LogP contribution in [0.3, 0.4) is 0 Å². The van der Waals surface area contributed by atoms with Crippen molar-refractivity contribution >= 4 is 47.2 Å². The molecule has 1 aromatic heterocycles. The van der Waals surface area contributed by atoms with E-state index >= 15 is 0 Å². The molecule has 1 amide bonds. The van der Waals surface area contributed by atoms with Gasteiger partial charge in [0.05, 0.1) is 5.01 Å². The standard InChI is InChI=1S/C21H29N5OS.HI/c1-3-18-14-24-19(28-18)9-10-23-21(22-2)25-13-16-6-4-7-17(12-16)15-26-11-5-8-20(26)27;/h4,6-7,12,14H,3,5,8-11,13,15H2,1-2H3,(H2,22,23,25);1H. The van der Waals surface area contributed by atoms with Gasteiger partial charge in [0, 0.05) is 57.1 Å². The van der Waals surface area contributed by atoms with Gasteiger partial charge in [0.25, 0.3) is 0 Å². The van der Waals surface area contributed by atoms with Crippen LogP contribution in [0.2, 0.25) is 0 Å². The number of aromatic nitrogens is 1. The number of halogens is 1. The lowest BCUT2D eigenvalue weighted by atomic mass is 10.1. The van der Waals surface area contributed by atoms with Crippen molar-refractivity contribution in [2.75, 3.05) is 20.1 Å². The van der Waals surface area contributed by atoms with E-state index in [1.807, 2.05) is 11.1 Å².